The van der Waals surface area contributed by atoms with Gasteiger partial charge in [0.15, 0.2) is 0 Å². The molecule has 0 saturated carbocycles. The van der Waals surface area contributed by atoms with Crippen LogP contribution in [-0.2, 0) is 10.0 Å². The number of sulfonamides is 1. The molecule has 0 aliphatic carbocycles. The molecule has 8 nitrogen and oxygen atoms in total. The van der Waals surface area contributed by atoms with Crippen LogP contribution in [0.5, 0.6) is 11.5 Å². The molecule has 0 aliphatic rings. The Balaban J connectivity index is 2.26. The van der Waals surface area contributed by atoms with Crippen LogP contribution in [0.4, 0.5) is 0 Å². The molecule has 2 rings (SSSR count). The summed E-state index contributed by atoms with van der Waals surface area (Å²) >= 11 is 0. The van der Waals surface area contributed by atoms with E-state index in [-0.39, 0.29) is 27.7 Å². The number of rotatable bonds is 6. The highest BCUT2D eigenvalue weighted by Gasteiger charge is 2.16. The fourth-order valence-electron chi connectivity index (χ4n) is 2.05. The van der Waals surface area contributed by atoms with Crippen molar-refractivity contribution in [2.24, 2.45) is 5.10 Å². The van der Waals surface area contributed by atoms with Gasteiger partial charge in [-0.15, -0.1) is 0 Å². The number of aryl methyl sites for hydroxylation is 1. The Kier molecular flexibility index (Phi) is 5.48. The van der Waals surface area contributed by atoms with Crippen LogP contribution < -0.4 is 15.2 Å². The lowest BCUT2D eigenvalue weighted by molar-refractivity contribution is 0.340. The molecule has 0 fully saturated rings. The van der Waals surface area contributed by atoms with Crippen molar-refractivity contribution in [3.05, 3.63) is 52.1 Å². The lowest BCUT2D eigenvalue weighted by atomic mass is 10.2. The minimum absolute atomic E-state index is 0.0207. The monoisotopic (exact) mass is 366 g/mol. The highest BCUT2D eigenvalue weighted by atomic mass is 32.2. The minimum Gasteiger partial charge on any atom is -0.507 e. The second kappa shape index (κ2) is 7.39. The molecule has 1 aromatic carbocycles. The van der Waals surface area contributed by atoms with Crippen LogP contribution in [0.15, 0.2) is 49.5 Å². The van der Waals surface area contributed by atoms with Crippen molar-refractivity contribution >= 4 is 15.7 Å². The average molecular weight is 366 g/mol. The number of nitrogens with zero attached hydrogens (tertiary/aromatic N) is 1. The van der Waals surface area contributed by atoms with Crippen LogP contribution in [0.2, 0.25) is 0 Å². The first-order valence-corrected chi connectivity index (χ1v) is 8.86. The quantitative estimate of drug-likeness (QED) is 0.594. The summed E-state index contributed by atoms with van der Waals surface area (Å²) in [4.78, 5) is 13.8. The molecule has 25 heavy (non-hydrogen) atoms. The molecule has 1 aromatic heterocycles. The Hall–Kier alpha value is -2.81. The van der Waals surface area contributed by atoms with E-state index in [0.717, 1.165) is 0 Å². The maximum atomic E-state index is 12.2. The fourth-order valence-corrected chi connectivity index (χ4v) is 2.90. The average Bonchev–Trinajstić information content (AvgIpc) is 2.53. The van der Waals surface area contributed by atoms with Crippen molar-refractivity contribution in [1.82, 2.24) is 4.83 Å². The van der Waals surface area contributed by atoms with E-state index in [4.69, 9.17) is 9.15 Å². The van der Waals surface area contributed by atoms with Crippen molar-refractivity contribution in [2.75, 3.05) is 6.61 Å². The van der Waals surface area contributed by atoms with Gasteiger partial charge in [-0.2, -0.15) is 18.4 Å². The van der Waals surface area contributed by atoms with Crippen LogP contribution in [0.25, 0.3) is 0 Å². The maximum absolute atomic E-state index is 12.2. The summed E-state index contributed by atoms with van der Waals surface area (Å²) in [5, 5.41) is 13.5. The van der Waals surface area contributed by atoms with E-state index in [0.29, 0.717) is 12.4 Å². The summed E-state index contributed by atoms with van der Waals surface area (Å²) < 4.78 is 34.6. The number of benzene rings is 1. The van der Waals surface area contributed by atoms with Gasteiger partial charge < -0.3 is 14.3 Å². The first-order valence-electron chi connectivity index (χ1n) is 7.37. The van der Waals surface area contributed by atoms with Crippen molar-refractivity contribution in [3.8, 4) is 11.5 Å². The zero-order chi connectivity index (χ0) is 18.6. The van der Waals surface area contributed by atoms with Gasteiger partial charge in [-0.25, -0.2) is 4.79 Å². The van der Waals surface area contributed by atoms with Gasteiger partial charge in [-0.1, -0.05) is 0 Å². The van der Waals surface area contributed by atoms with Gasteiger partial charge in [0.05, 0.1) is 17.2 Å². The largest absolute Gasteiger partial charge is 0.507 e. The van der Waals surface area contributed by atoms with Crippen LogP contribution in [0.3, 0.4) is 0 Å². The summed E-state index contributed by atoms with van der Waals surface area (Å²) in [7, 11) is -3.94. The van der Waals surface area contributed by atoms with Crippen molar-refractivity contribution in [3.63, 3.8) is 0 Å². The molecule has 0 bridgehead atoms. The van der Waals surface area contributed by atoms with Gasteiger partial charge in [0.25, 0.3) is 10.0 Å². The minimum atomic E-state index is -3.94. The summed E-state index contributed by atoms with van der Waals surface area (Å²) in [5.74, 6) is 0.438. The Morgan fingerprint density at radius 3 is 2.52 bits per heavy atom. The molecule has 1 heterocycles. The van der Waals surface area contributed by atoms with Crippen LogP contribution in [0.1, 0.15) is 25.2 Å². The Bertz CT molecular complexity index is 946. The smallest absolute Gasteiger partial charge is 0.348 e. The molecular weight excluding hydrogens is 348 g/mol. The zero-order valence-electron chi connectivity index (χ0n) is 13.9. The molecular formula is C16H18N2O6S. The van der Waals surface area contributed by atoms with E-state index in [1.165, 1.54) is 44.2 Å². The second-order valence-electron chi connectivity index (χ2n) is 5.10. The molecule has 0 amide bonds. The van der Waals surface area contributed by atoms with Crippen LogP contribution >= 0.6 is 0 Å². The van der Waals surface area contributed by atoms with E-state index in [2.05, 4.69) is 5.10 Å². The maximum Gasteiger partial charge on any atom is 0.348 e. The Morgan fingerprint density at radius 1 is 1.32 bits per heavy atom. The number of aromatic hydroxyl groups is 1. The third-order valence-electron chi connectivity index (χ3n) is 3.19. The number of hydrazone groups is 1. The highest BCUT2D eigenvalue weighted by Crippen LogP contribution is 2.17. The van der Waals surface area contributed by atoms with Crippen molar-refractivity contribution < 1.29 is 22.7 Å². The molecule has 0 atom stereocenters. The molecule has 9 heteroatoms. The lowest BCUT2D eigenvalue weighted by Gasteiger charge is -2.07. The van der Waals surface area contributed by atoms with Crippen molar-refractivity contribution in [2.45, 2.75) is 25.7 Å². The lowest BCUT2D eigenvalue weighted by Crippen LogP contribution is -2.22. The van der Waals surface area contributed by atoms with Gasteiger partial charge in [-0.3, -0.25) is 0 Å². The molecule has 0 unspecified atom stereocenters. The SMILES string of the molecule is CCOc1ccc(S(=O)(=O)N/N=C(\C)c2c(O)cc(C)oc2=O)cc1. The molecule has 0 spiro atoms. The fraction of sp³-hybridized carbons (Fsp3) is 0.250. The van der Waals surface area contributed by atoms with Gasteiger partial charge in [0, 0.05) is 6.07 Å². The molecule has 2 aromatic rings. The summed E-state index contributed by atoms with van der Waals surface area (Å²) in [5.41, 5.74) is -1.04. The van der Waals surface area contributed by atoms with Gasteiger partial charge in [-0.05, 0) is 45.0 Å². The summed E-state index contributed by atoms with van der Waals surface area (Å²) in [6.07, 6.45) is 0. The number of hydrogen-bond acceptors (Lipinski definition) is 7. The van der Waals surface area contributed by atoms with Crippen LogP contribution in [-0.4, -0.2) is 25.8 Å². The predicted octanol–water partition coefficient (Wildman–Crippen LogP) is 1.76. The third kappa shape index (κ3) is 4.38. The predicted molar refractivity (Wildman–Crippen MR) is 91.5 cm³/mol. The molecule has 0 aliphatic heterocycles. The van der Waals surface area contributed by atoms with E-state index in [1.54, 1.807) is 0 Å². The van der Waals surface area contributed by atoms with E-state index in [9.17, 15) is 18.3 Å². The summed E-state index contributed by atoms with van der Waals surface area (Å²) in [6.45, 7) is 5.17. The highest BCUT2D eigenvalue weighted by molar-refractivity contribution is 7.89. The Labute approximate surface area is 144 Å². The first-order chi connectivity index (χ1) is 11.7. The number of nitrogens with one attached hydrogen (secondary N) is 1. The molecule has 134 valence electrons. The normalized spacial score (nSPS) is 12.0. The molecule has 0 radical (unpaired) electrons. The van der Waals surface area contributed by atoms with E-state index < -0.39 is 15.6 Å². The van der Waals surface area contributed by atoms with Gasteiger partial charge in [0.1, 0.15) is 22.8 Å². The number of ether oxygens (including phenoxy) is 1. The van der Waals surface area contributed by atoms with Gasteiger partial charge >= 0.3 is 5.63 Å². The van der Waals surface area contributed by atoms with Gasteiger partial charge in [0.2, 0.25) is 0 Å². The standard InChI is InChI=1S/C16H18N2O6S/c1-4-23-12-5-7-13(8-6-12)25(21,22)18-17-11(3)15-14(19)9-10(2)24-16(15)20/h5-9,18-19H,4H2,1-3H3/b17-11+. The van der Waals surface area contributed by atoms with Crippen LogP contribution in [0, 0.1) is 6.92 Å². The van der Waals surface area contributed by atoms with E-state index in [1.807, 2.05) is 11.8 Å². The second-order valence-corrected chi connectivity index (χ2v) is 6.76. The third-order valence-corrected chi connectivity index (χ3v) is 4.42. The zero-order valence-corrected chi connectivity index (χ0v) is 14.8. The molecule has 2 N–H and O–H groups in total. The summed E-state index contributed by atoms with van der Waals surface area (Å²) in [6, 6.07) is 7.03. The Morgan fingerprint density at radius 2 is 1.96 bits per heavy atom. The number of hydrogen-bond donors (Lipinski definition) is 2. The van der Waals surface area contributed by atoms with E-state index >= 15 is 0 Å². The molecule has 0 saturated heterocycles. The van der Waals surface area contributed by atoms with Crippen molar-refractivity contribution in [1.29, 1.82) is 0 Å². The topological polar surface area (TPSA) is 118 Å². The first kappa shape index (κ1) is 18.5.